The number of aryl methyl sites for hydroxylation is 1. The van der Waals surface area contributed by atoms with Gasteiger partial charge in [0.15, 0.2) is 0 Å². The van der Waals surface area contributed by atoms with E-state index < -0.39 is 0 Å². The highest BCUT2D eigenvalue weighted by molar-refractivity contribution is 5.83. The Balaban J connectivity index is 1.14. The average Bonchev–Trinajstić information content (AvgIpc) is 3.75. The molecule has 0 radical (unpaired) electrons. The first kappa shape index (κ1) is 30.4. The lowest BCUT2D eigenvalue weighted by molar-refractivity contribution is -0.124. The Kier molecular flexibility index (Phi) is 9.46. The molecule has 45 heavy (non-hydrogen) atoms. The fraction of sp³-hybridized carbons (Fsp3) is 0.429. The molecule has 4 heterocycles. The summed E-state index contributed by atoms with van der Waals surface area (Å²) in [5.74, 6) is 1.89. The third kappa shape index (κ3) is 7.21. The van der Waals surface area contributed by atoms with E-state index in [-0.39, 0.29) is 30.3 Å². The molecule has 4 aromatic rings. The fourth-order valence-corrected chi connectivity index (χ4v) is 6.80. The summed E-state index contributed by atoms with van der Waals surface area (Å²) in [6, 6.07) is 16.2. The zero-order valence-electron chi connectivity index (χ0n) is 25.7. The van der Waals surface area contributed by atoms with Gasteiger partial charge in [-0.3, -0.25) is 14.5 Å². The Bertz CT molecular complexity index is 1620. The second-order valence-electron chi connectivity index (χ2n) is 12.5. The quantitative estimate of drug-likeness (QED) is 0.272. The molecule has 10 nitrogen and oxygen atoms in total. The van der Waals surface area contributed by atoms with Crippen molar-refractivity contribution in [2.45, 2.75) is 51.0 Å². The Morgan fingerprint density at radius 3 is 2.51 bits per heavy atom. The molecule has 2 aliphatic rings. The average molecular weight is 605 g/mol. The molecule has 2 N–H and O–H groups in total. The van der Waals surface area contributed by atoms with Crippen molar-refractivity contribution in [3.8, 4) is 17.2 Å². The van der Waals surface area contributed by atoms with E-state index in [1.54, 1.807) is 10.9 Å². The van der Waals surface area contributed by atoms with Gasteiger partial charge in [-0.25, -0.2) is 9.97 Å². The number of nitriles is 1. The molecular weight excluding hydrogens is 564 g/mol. The van der Waals surface area contributed by atoms with Crippen molar-refractivity contribution in [3.63, 3.8) is 0 Å². The number of anilines is 1. The first-order chi connectivity index (χ1) is 22.0. The highest BCUT2D eigenvalue weighted by atomic mass is 16.3. The number of benzene rings is 1. The van der Waals surface area contributed by atoms with E-state index in [1.807, 2.05) is 68.1 Å². The highest BCUT2D eigenvalue weighted by Crippen LogP contribution is 2.39. The number of hydrogen-bond donors (Lipinski definition) is 2. The van der Waals surface area contributed by atoms with Crippen molar-refractivity contribution >= 4 is 11.7 Å². The van der Waals surface area contributed by atoms with E-state index >= 15 is 0 Å². The molecule has 6 rings (SSSR count). The van der Waals surface area contributed by atoms with Gasteiger partial charge in [0.2, 0.25) is 5.91 Å². The van der Waals surface area contributed by atoms with Crippen molar-refractivity contribution in [2.75, 3.05) is 24.6 Å². The van der Waals surface area contributed by atoms with Crippen LogP contribution in [0.15, 0.2) is 67.3 Å². The number of aromatic nitrogens is 5. The van der Waals surface area contributed by atoms with Crippen LogP contribution >= 0.6 is 0 Å². The standard InChI is InChI=1S/C35H40N8O2/c1-42-22-30(20-40-42)28-11-12-31(37-18-28)33(35(45)39-17-25-5-3-2-4-6-25)27-9-7-24(8-10-27)15-32-38-19-29(16-36)34(41-32)43-14-13-26(21-43)23-44/h2-6,11-12,18-20,22,24,26-27,33,44H,7-10,13-15,17,21,23H2,1H3,(H,39,45)/t24-,26?,27-,33?. The third-order valence-electron chi connectivity index (χ3n) is 9.35. The lowest BCUT2D eigenvalue weighted by Crippen LogP contribution is -2.35. The van der Waals surface area contributed by atoms with Gasteiger partial charge in [-0.1, -0.05) is 36.4 Å². The smallest absolute Gasteiger partial charge is 0.229 e. The summed E-state index contributed by atoms with van der Waals surface area (Å²) < 4.78 is 1.77. The maximum absolute atomic E-state index is 13.8. The summed E-state index contributed by atoms with van der Waals surface area (Å²) in [7, 11) is 1.89. The maximum Gasteiger partial charge on any atom is 0.229 e. The molecule has 10 heteroatoms. The van der Waals surface area contributed by atoms with E-state index in [9.17, 15) is 15.2 Å². The maximum atomic E-state index is 13.8. The number of aliphatic hydroxyl groups is 1. The minimum atomic E-state index is -0.343. The van der Waals surface area contributed by atoms with Gasteiger partial charge in [0.25, 0.3) is 0 Å². The minimum Gasteiger partial charge on any atom is -0.396 e. The third-order valence-corrected chi connectivity index (χ3v) is 9.35. The number of nitrogens with zero attached hydrogens (tertiary/aromatic N) is 7. The Hall–Kier alpha value is -4.62. The van der Waals surface area contributed by atoms with Crippen molar-refractivity contribution in [1.82, 2.24) is 30.0 Å². The normalized spacial score (nSPS) is 20.5. The fourth-order valence-electron chi connectivity index (χ4n) is 6.80. The highest BCUT2D eigenvalue weighted by Gasteiger charge is 2.35. The zero-order valence-corrected chi connectivity index (χ0v) is 25.7. The molecule has 1 aromatic carbocycles. The van der Waals surface area contributed by atoms with Gasteiger partial charge in [0.1, 0.15) is 23.3 Å². The molecule has 1 aliphatic heterocycles. The molecule has 1 amide bonds. The van der Waals surface area contributed by atoms with E-state index in [2.05, 4.69) is 26.4 Å². The van der Waals surface area contributed by atoms with Crippen LogP contribution < -0.4 is 10.2 Å². The van der Waals surface area contributed by atoms with Crippen molar-refractivity contribution < 1.29 is 9.90 Å². The van der Waals surface area contributed by atoms with Gasteiger partial charge in [-0.05, 0) is 55.6 Å². The topological polar surface area (TPSA) is 133 Å². The summed E-state index contributed by atoms with van der Waals surface area (Å²) in [6.45, 7) is 2.12. The molecule has 0 bridgehead atoms. The van der Waals surface area contributed by atoms with Crippen LogP contribution in [0, 0.1) is 29.1 Å². The van der Waals surface area contributed by atoms with Gasteiger partial charge in [0.05, 0.1) is 24.0 Å². The van der Waals surface area contributed by atoms with Crippen LogP contribution in [0.25, 0.3) is 11.1 Å². The first-order valence-corrected chi connectivity index (χ1v) is 15.9. The Morgan fingerprint density at radius 1 is 1.02 bits per heavy atom. The molecular formula is C35H40N8O2. The van der Waals surface area contributed by atoms with Crippen LogP contribution in [0.5, 0.6) is 0 Å². The second kappa shape index (κ2) is 14.0. The van der Waals surface area contributed by atoms with Gasteiger partial charge in [-0.15, -0.1) is 0 Å². The molecule has 1 aliphatic carbocycles. The van der Waals surface area contributed by atoms with Crippen LogP contribution in [0.4, 0.5) is 5.82 Å². The molecule has 2 atom stereocenters. The lowest BCUT2D eigenvalue weighted by atomic mass is 9.73. The van der Waals surface area contributed by atoms with Gasteiger partial charge in [-0.2, -0.15) is 10.4 Å². The monoisotopic (exact) mass is 604 g/mol. The number of pyridine rings is 1. The zero-order chi connectivity index (χ0) is 31.2. The van der Waals surface area contributed by atoms with Crippen molar-refractivity contribution in [1.29, 1.82) is 5.26 Å². The number of carbonyl (C=O) groups is 1. The van der Waals surface area contributed by atoms with Gasteiger partial charge < -0.3 is 15.3 Å². The Morgan fingerprint density at radius 2 is 1.84 bits per heavy atom. The number of rotatable bonds is 10. The first-order valence-electron chi connectivity index (χ1n) is 15.9. The van der Waals surface area contributed by atoms with E-state index in [0.29, 0.717) is 30.4 Å². The van der Waals surface area contributed by atoms with E-state index in [0.717, 1.165) is 73.3 Å². The summed E-state index contributed by atoms with van der Waals surface area (Å²) in [5, 5.41) is 26.7. The van der Waals surface area contributed by atoms with Crippen molar-refractivity contribution in [2.24, 2.45) is 24.8 Å². The van der Waals surface area contributed by atoms with E-state index in [1.165, 1.54) is 0 Å². The molecule has 1 saturated heterocycles. The van der Waals surface area contributed by atoms with Crippen LogP contribution in [-0.2, 0) is 24.8 Å². The second-order valence-corrected chi connectivity index (χ2v) is 12.5. The minimum absolute atomic E-state index is 0.01000. The van der Waals surface area contributed by atoms with Crippen molar-refractivity contribution in [3.05, 3.63) is 89.9 Å². The van der Waals surface area contributed by atoms with Crippen LogP contribution in [-0.4, -0.2) is 55.4 Å². The number of amides is 1. The molecule has 1 saturated carbocycles. The number of nitrogens with one attached hydrogen (secondary N) is 1. The summed E-state index contributed by atoms with van der Waals surface area (Å²) in [4.78, 5) is 30.1. The number of carbonyl (C=O) groups excluding carboxylic acids is 1. The summed E-state index contributed by atoms with van der Waals surface area (Å²) in [6.07, 6.45) is 12.7. The SMILES string of the molecule is Cn1cc(-c2ccc(C(C(=O)NCc3ccccc3)[C@H]3CC[C@H](Cc4ncc(C#N)c(N5CCC(CO)C5)n4)CC3)nc2)cn1. The summed E-state index contributed by atoms with van der Waals surface area (Å²) in [5.41, 5.74) is 4.31. The largest absolute Gasteiger partial charge is 0.396 e. The predicted octanol–water partition coefficient (Wildman–Crippen LogP) is 4.41. The molecule has 2 fully saturated rings. The van der Waals surface area contributed by atoms with Crippen LogP contribution in [0.1, 0.15) is 60.7 Å². The molecule has 3 aromatic heterocycles. The van der Waals surface area contributed by atoms with Crippen LogP contribution in [0.3, 0.4) is 0 Å². The lowest BCUT2D eigenvalue weighted by Gasteiger charge is -2.33. The van der Waals surface area contributed by atoms with Gasteiger partial charge >= 0.3 is 0 Å². The predicted molar refractivity (Wildman–Crippen MR) is 171 cm³/mol. The van der Waals surface area contributed by atoms with Gasteiger partial charge in [0, 0.05) is 69.1 Å². The van der Waals surface area contributed by atoms with Crippen LogP contribution in [0.2, 0.25) is 0 Å². The van der Waals surface area contributed by atoms with E-state index in [4.69, 9.17) is 9.97 Å². The molecule has 232 valence electrons. The molecule has 0 spiro atoms. The number of hydrogen-bond acceptors (Lipinski definition) is 8. The Labute approximate surface area is 264 Å². The summed E-state index contributed by atoms with van der Waals surface area (Å²) >= 11 is 0. The molecule has 2 unspecified atom stereocenters. The number of aliphatic hydroxyl groups excluding tert-OH is 1.